The second-order valence-electron chi connectivity index (χ2n) is 5.39. The van der Waals surface area contributed by atoms with Gasteiger partial charge in [-0.3, -0.25) is 0 Å². The number of nitrogens with one attached hydrogen (secondary N) is 1. The van der Waals surface area contributed by atoms with Crippen LogP contribution in [0, 0.1) is 6.92 Å². The van der Waals surface area contributed by atoms with Crippen molar-refractivity contribution in [2.24, 2.45) is 0 Å². The van der Waals surface area contributed by atoms with Crippen molar-refractivity contribution in [3.8, 4) is 0 Å². The van der Waals surface area contributed by atoms with Gasteiger partial charge in [-0.25, -0.2) is 0 Å². The lowest BCUT2D eigenvalue weighted by Gasteiger charge is -2.19. The van der Waals surface area contributed by atoms with Crippen molar-refractivity contribution in [3.63, 3.8) is 0 Å². The fraction of sp³-hybridized carbons (Fsp3) is 0.333. The maximum Gasteiger partial charge on any atom is 0.0449 e. The van der Waals surface area contributed by atoms with Gasteiger partial charge in [0.25, 0.3) is 0 Å². The van der Waals surface area contributed by atoms with E-state index in [1.165, 1.54) is 16.7 Å². The maximum absolute atomic E-state index is 6.34. The molecule has 2 aromatic carbocycles. The first-order valence-electron chi connectivity index (χ1n) is 7.31. The number of hydrogen-bond donors (Lipinski definition) is 1. The van der Waals surface area contributed by atoms with E-state index in [2.05, 4.69) is 71.5 Å². The summed E-state index contributed by atoms with van der Waals surface area (Å²) < 4.78 is 1.02. The third-order valence-electron chi connectivity index (χ3n) is 3.54. The fourth-order valence-corrected chi connectivity index (χ4v) is 3.33. The Hall–Kier alpha value is -0.830. The van der Waals surface area contributed by atoms with Crippen molar-refractivity contribution in [2.75, 3.05) is 6.54 Å². The maximum atomic E-state index is 6.34. The molecule has 0 aromatic heterocycles. The highest BCUT2D eigenvalue weighted by Crippen LogP contribution is 2.23. The molecule has 0 amide bonds. The lowest BCUT2D eigenvalue weighted by atomic mass is 9.98. The fourth-order valence-electron chi connectivity index (χ4n) is 2.58. The Balaban J connectivity index is 2.11. The molecule has 0 aliphatic rings. The summed E-state index contributed by atoms with van der Waals surface area (Å²) in [5.41, 5.74) is 3.87. The molecule has 2 rings (SSSR count). The molecule has 0 aliphatic heterocycles. The van der Waals surface area contributed by atoms with Crippen molar-refractivity contribution in [2.45, 2.75) is 32.7 Å². The summed E-state index contributed by atoms with van der Waals surface area (Å²) in [6, 6.07) is 15.2. The lowest BCUT2D eigenvalue weighted by Crippen LogP contribution is -2.33. The Morgan fingerprint density at radius 1 is 1.14 bits per heavy atom. The third-order valence-corrected chi connectivity index (χ3v) is 4.38. The van der Waals surface area contributed by atoms with Crippen molar-refractivity contribution in [1.29, 1.82) is 0 Å². The lowest BCUT2D eigenvalue weighted by molar-refractivity contribution is 0.521. The summed E-state index contributed by atoms with van der Waals surface area (Å²) in [7, 11) is 0. The molecule has 3 heteroatoms. The number of likely N-dealkylation sites (N-methyl/N-ethyl adjacent to an activating group) is 1. The van der Waals surface area contributed by atoms with E-state index in [0.717, 1.165) is 28.9 Å². The monoisotopic (exact) mass is 365 g/mol. The molecule has 0 aliphatic carbocycles. The first-order chi connectivity index (χ1) is 10.1. The van der Waals surface area contributed by atoms with Crippen LogP contribution >= 0.6 is 27.5 Å². The second kappa shape index (κ2) is 7.98. The standard InChI is InChI=1S/C18H21BrClN/c1-3-21-17(10-14-6-4-5-13(2)9-14)11-15-7-8-16(19)12-18(15)20/h4-9,12,17,21H,3,10-11H2,1-2H3. The molecule has 0 saturated carbocycles. The molecule has 0 radical (unpaired) electrons. The third kappa shape index (κ3) is 5.14. The minimum Gasteiger partial charge on any atom is -0.314 e. The van der Waals surface area contributed by atoms with E-state index in [-0.39, 0.29) is 0 Å². The topological polar surface area (TPSA) is 12.0 Å². The van der Waals surface area contributed by atoms with Crippen LogP contribution in [0.1, 0.15) is 23.6 Å². The summed E-state index contributed by atoms with van der Waals surface area (Å²) in [6.45, 7) is 5.24. The molecule has 1 atom stereocenters. The van der Waals surface area contributed by atoms with Gasteiger partial charge in [-0.2, -0.15) is 0 Å². The van der Waals surface area contributed by atoms with Crippen LogP contribution in [0.5, 0.6) is 0 Å². The van der Waals surface area contributed by atoms with Crippen LogP contribution in [0.3, 0.4) is 0 Å². The van der Waals surface area contributed by atoms with Crippen LogP contribution in [0.4, 0.5) is 0 Å². The van der Waals surface area contributed by atoms with E-state index in [1.54, 1.807) is 0 Å². The first-order valence-corrected chi connectivity index (χ1v) is 8.48. The van der Waals surface area contributed by atoms with Crippen molar-refractivity contribution < 1.29 is 0 Å². The Morgan fingerprint density at radius 2 is 1.95 bits per heavy atom. The Kier molecular flexibility index (Phi) is 6.28. The van der Waals surface area contributed by atoms with E-state index in [4.69, 9.17) is 11.6 Å². The molecule has 112 valence electrons. The average molecular weight is 367 g/mol. The van der Waals surface area contributed by atoms with E-state index >= 15 is 0 Å². The highest BCUT2D eigenvalue weighted by Gasteiger charge is 2.12. The van der Waals surface area contributed by atoms with E-state index in [1.807, 2.05) is 6.07 Å². The quantitative estimate of drug-likeness (QED) is 0.743. The molecule has 0 bridgehead atoms. The SMILES string of the molecule is CCNC(Cc1cccc(C)c1)Cc1ccc(Br)cc1Cl. The molecule has 1 N–H and O–H groups in total. The van der Waals surface area contributed by atoms with E-state index in [9.17, 15) is 0 Å². The average Bonchev–Trinajstić information content (AvgIpc) is 2.42. The summed E-state index contributed by atoms with van der Waals surface area (Å²) in [4.78, 5) is 0. The van der Waals surface area contributed by atoms with Gasteiger partial charge in [-0.05, 0) is 49.6 Å². The second-order valence-corrected chi connectivity index (χ2v) is 6.71. The van der Waals surface area contributed by atoms with Gasteiger partial charge in [0.15, 0.2) is 0 Å². The number of aryl methyl sites for hydroxylation is 1. The van der Waals surface area contributed by atoms with Crippen LogP contribution in [0.2, 0.25) is 5.02 Å². The first kappa shape index (κ1) is 16.5. The molecule has 21 heavy (non-hydrogen) atoms. The molecule has 1 nitrogen and oxygen atoms in total. The van der Waals surface area contributed by atoms with Gasteiger partial charge in [-0.1, -0.05) is 70.3 Å². The zero-order valence-corrected chi connectivity index (χ0v) is 14.8. The highest BCUT2D eigenvalue weighted by molar-refractivity contribution is 9.10. The highest BCUT2D eigenvalue weighted by atomic mass is 79.9. The summed E-state index contributed by atoms with van der Waals surface area (Å²) >= 11 is 9.80. The molecule has 2 aromatic rings. The van der Waals surface area contributed by atoms with Gasteiger partial charge in [0.2, 0.25) is 0 Å². The van der Waals surface area contributed by atoms with E-state index in [0.29, 0.717) is 6.04 Å². The molecule has 0 fully saturated rings. The zero-order valence-electron chi connectivity index (χ0n) is 12.5. The van der Waals surface area contributed by atoms with Crippen LogP contribution in [-0.2, 0) is 12.8 Å². The molecule has 1 unspecified atom stereocenters. The van der Waals surface area contributed by atoms with Crippen LogP contribution in [0.25, 0.3) is 0 Å². The molecule has 0 spiro atoms. The van der Waals surface area contributed by atoms with Crippen molar-refractivity contribution >= 4 is 27.5 Å². The predicted octanol–water partition coefficient (Wildman–Crippen LogP) is 5.17. The van der Waals surface area contributed by atoms with Gasteiger partial charge >= 0.3 is 0 Å². The van der Waals surface area contributed by atoms with E-state index < -0.39 is 0 Å². The summed E-state index contributed by atoms with van der Waals surface area (Å²) in [5, 5.41) is 4.40. The van der Waals surface area contributed by atoms with Crippen molar-refractivity contribution in [1.82, 2.24) is 5.32 Å². The molecular weight excluding hydrogens is 346 g/mol. The number of halogens is 2. The normalized spacial score (nSPS) is 12.4. The van der Waals surface area contributed by atoms with Crippen LogP contribution < -0.4 is 5.32 Å². The van der Waals surface area contributed by atoms with Gasteiger partial charge in [0.1, 0.15) is 0 Å². The minimum atomic E-state index is 0.399. The van der Waals surface area contributed by atoms with Gasteiger partial charge < -0.3 is 5.32 Å². The number of benzene rings is 2. The summed E-state index contributed by atoms with van der Waals surface area (Å²) in [6.07, 6.45) is 1.95. The molecule has 0 heterocycles. The molecular formula is C18H21BrClN. The Labute approximate surface area is 140 Å². The van der Waals surface area contributed by atoms with Crippen molar-refractivity contribution in [3.05, 3.63) is 68.7 Å². The number of hydrogen-bond acceptors (Lipinski definition) is 1. The number of rotatable bonds is 6. The van der Waals surface area contributed by atoms with Gasteiger partial charge in [0.05, 0.1) is 0 Å². The largest absolute Gasteiger partial charge is 0.314 e. The van der Waals surface area contributed by atoms with Gasteiger partial charge in [-0.15, -0.1) is 0 Å². The Morgan fingerprint density at radius 3 is 2.62 bits per heavy atom. The summed E-state index contributed by atoms with van der Waals surface area (Å²) in [5.74, 6) is 0. The van der Waals surface area contributed by atoms with Crippen LogP contribution in [-0.4, -0.2) is 12.6 Å². The predicted molar refractivity (Wildman–Crippen MR) is 95.2 cm³/mol. The zero-order chi connectivity index (χ0) is 15.2. The van der Waals surface area contributed by atoms with Crippen LogP contribution in [0.15, 0.2) is 46.9 Å². The van der Waals surface area contributed by atoms with Gasteiger partial charge in [0, 0.05) is 15.5 Å². The Bertz CT molecular complexity index is 598. The minimum absolute atomic E-state index is 0.399. The molecule has 0 saturated heterocycles. The smallest absolute Gasteiger partial charge is 0.0449 e.